The summed E-state index contributed by atoms with van der Waals surface area (Å²) in [6, 6.07) is -1.13. The number of piperidine rings is 1. The molecule has 73 heavy (non-hydrogen) atoms. The van der Waals surface area contributed by atoms with E-state index >= 15 is 0 Å². The van der Waals surface area contributed by atoms with Crippen LogP contribution in [0.3, 0.4) is 0 Å². The number of likely N-dealkylation sites (N-methyl/N-ethyl adjacent to an activating group) is 1. The van der Waals surface area contributed by atoms with Crippen LogP contribution < -0.4 is 5.32 Å². The van der Waals surface area contributed by atoms with Gasteiger partial charge in [-0.15, -0.1) is 0 Å². The number of Topliss-reactive ketones (excluding diaryl/α,β-unsaturated/α-hetero) is 3. The molecular weight excluding hydrogens is 937 g/mol. The zero-order valence-corrected chi connectivity index (χ0v) is 46.3. The summed E-state index contributed by atoms with van der Waals surface area (Å²) in [7, 11) is 8.22. The number of ether oxygens (including phenoxy) is 8. The Bertz CT molecular complexity index is 1900. The van der Waals surface area contributed by atoms with E-state index in [4.69, 9.17) is 37.9 Å². The molecule has 2 saturated heterocycles. The van der Waals surface area contributed by atoms with Crippen LogP contribution >= 0.6 is 0 Å². The number of cyclic esters (lactones) is 1. The number of allylic oxidation sites excluding steroid dienone is 6. The molecule has 16 heteroatoms. The summed E-state index contributed by atoms with van der Waals surface area (Å²) in [5.41, 5.74) is 1.53. The molecule has 1 saturated carbocycles. The SMILES string of the molecule is CNCCOCCOC1C[C@@H]2CC[C@@H](C)[C@@](O)(O2)C(=O)C(=O)N2CCCC[C@H]2C(=O)O[C@H]([C@H](C)C[C@@H]2CC[C@@H](OC)[C@H](OC)C2)CC(=O)[C@H](C)/C=C(\C)[C@@H](OC)[C@@H](OC)C(=O)[C@H](C)C[C@H](C)/C=C/C=CC=C1C. The second-order valence-electron chi connectivity index (χ2n) is 21.4. The quantitative estimate of drug-likeness (QED) is 0.0774. The number of esters is 1. The van der Waals surface area contributed by atoms with E-state index < -0.39 is 71.8 Å². The largest absolute Gasteiger partial charge is 0.460 e. The van der Waals surface area contributed by atoms with E-state index in [1.165, 1.54) is 19.1 Å². The Kier molecular flexibility index (Phi) is 26.3. The predicted octanol–water partition coefficient (Wildman–Crippen LogP) is 7.10. The molecule has 4 rings (SSSR count). The van der Waals surface area contributed by atoms with Crippen LogP contribution in [0, 0.1) is 35.5 Å². The first-order valence-electron chi connectivity index (χ1n) is 27.0. The van der Waals surface area contributed by atoms with Crippen molar-refractivity contribution in [3.63, 3.8) is 0 Å². The molecule has 16 nitrogen and oxygen atoms in total. The van der Waals surface area contributed by atoms with E-state index in [1.807, 2.05) is 65.1 Å². The number of carbonyl (C=O) groups excluding carboxylic acids is 5. The lowest BCUT2D eigenvalue weighted by molar-refractivity contribution is -0.266. The number of hydrogen-bond donors (Lipinski definition) is 2. The topological polar surface area (TPSA) is 195 Å². The van der Waals surface area contributed by atoms with Crippen LogP contribution in [-0.4, -0.2) is 162 Å². The molecule has 4 aliphatic rings. The number of methoxy groups -OCH3 is 4. The number of nitrogens with zero attached hydrogens (tertiary/aromatic N) is 1. The maximum Gasteiger partial charge on any atom is 0.329 e. The van der Waals surface area contributed by atoms with E-state index in [2.05, 4.69) is 12.2 Å². The zero-order valence-electron chi connectivity index (χ0n) is 46.3. The van der Waals surface area contributed by atoms with Crippen molar-refractivity contribution in [3.05, 3.63) is 47.6 Å². The van der Waals surface area contributed by atoms with Crippen LogP contribution in [0.5, 0.6) is 0 Å². The maximum absolute atomic E-state index is 14.6. The summed E-state index contributed by atoms with van der Waals surface area (Å²) < 4.78 is 48.0. The summed E-state index contributed by atoms with van der Waals surface area (Å²) in [5.74, 6) is -7.38. The molecule has 1 amide bonds. The standard InChI is InChI=1S/C57H92N2O14/c1-36-18-14-13-15-19-37(2)48(71-29-28-70-27-25-58-8)34-44-23-21-42(7)57(65,73-44)54(62)55(63)59-26-17-16-20-45(59)56(64)72-49(39(4)32-43-22-24-47(66-9)50(33-43)67-10)35-46(60)38(3)31-41(6)52(68-11)53(69-12)51(61)40(5)30-36/h13-15,18-19,31,36,38-40,42-45,47-50,52-53,58,65H,16-17,20-30,32-35H2,1-12H3/b15-13?,18-14+,37-19?,41-31+/t36-,38-,39-,40-,42-,43+,44+,45+,47-,48?,49+,50-,52-,53+,57-/m1/s1. The summed E-state index contributed by atoms with van der Waals surface area (Å²) in [6.07, 6.45) is 13.8. The minimum Gasteiger partial charge on any atom is -0.460 e. The lowest BCUT2D eigenvalue weighted by Gasteiger charge is -2.43. The Morgan fingerprint density at radius 3 is 2.22 bits per heavy atom. The van der Waals surface area contributed by atoms with Crippen molar-refractivity contribution >= 4 is 29.2 Å². The maximum atomic E-state index is 14.6. The molecule has 2 bridgehead atoms. The fourth-order valence-electron chi connectivity index (χ4n) is 11.1. The van der Waals surface area contributed by atoms with Crippen LogP contribution in [-0.2, 0) is 61.9 Å². The van der Waals surface area contributed by atoms with Gasteiger partial charge in [-0.2, -0.15) is 0 Å². The Labute approximate surface area is 436 Å². The highest BCUT2D eigenvalue weighted by atomic mass is 16.6. The number of nitrogens with one attached hydrogen (secondary N) is 1. The summed E-state index contributed by atoms with van der Waals surface area (Å²) >= 11 is 0. The highest BCUT2D eigenvalue weighted by Crippen LogP contribution is 2.38. The minimum atomic E-state index is -2.45. The minimum absolute atomic E-state index is 0.0305. The van der Waals surface area contributed by atoms with Crippen LogP contribution in [0.25, 0.3) is 0 Å². The number of aliphatic hydroxyl groups is 1. The third-order valence-corrected chi connectivity index (χ3v) is 15.7. The van der Waals surface area contributed by atoms with E-state index in [9.17, 15) is 29.1 Å². The molecule has 3 fully saturated rings. The average molecular weight is 1030 g/mol. The average Bonchev–Trinajstić information content (AvgIpc) is 3.37. The monoisotopic (exact) mass is 1030 g/mol. The highest BCUT2D eigenvalue weighted by Gasteiger charge is 2.53. The number of rotatable bonds is 14. The number of carbonyl (C=O) groups is 5. The van der Waals surface area contributed by atoms with Gasteiger partial charge < -0.3 is 53.2 Å². The van der Waals surface area contributed by atoms with Gasteiger partial charge in [-0.25, -0.2) is 4.79 Å². The van der Waals surface area contributed by atoms with Gasteiger partial charge in [-0.05, 0) is 114 Å². The Morgan fingerprint density at radius 1 is 0.808 bits per heavy atom. The van der Waals surface area contributed by atoms with Crippen molar-refractivity contribution in [2.45, 2.75) is 180 Å². The van der Waals surface area contributed by atoms with Crippen molar-refractivity contribution in [1.29, 1.82) is 0 Å². The number of ketones is 3. The van der Waals surface area contributed by atoms with E-state index in [0.29, 0.717) is 70.3 Å². The van der Waals surface area contributed by atoms with Gasteiger partial charge in [0.05, 0.1) is 44.2 Å². The third-order valence-electron chi connectivity index (χ3n) is 15.7. The van der Waals surface area contributed by atoms with Crippen molar-refractivity contribution in [2.24, 2.45) is 35.5 Å². The van der Waals surface area contributed by atoms with Gasteiger partial charge >= 0.3 is 5.97 Å². The van der Waals surface area contributed by atoms with Crippen molar-refractivity contribution in [1.82, 2.24) is 10.2 Å². The summed E-state index contributed by atoms with van der Waals surface area (Å²) in [4.78, 5) is 73.2. The molecule has 0 aromatic carbocycles. The molecule has 0 radical (unpaired) electrons. The Balaban J connectivity index is 1.73. The molecule has 414 valence electrons. The predicted molar refractivity (Wildman–Crippen MR) is 278 cm³/mol. The van der Waals surface area contributed by atoms with Gasteiger partial charge in [-0.3, -0.25) is 19.2 Å². The molecular formula is C57H92N2O14. The molecule has 2 N–H and O–H groups in total. The molecule has 1 aliphatic carbocycles. The Morgan fingerprint density at radius 2 is 1.53 bits per heavy atom. The number of hydrogen-bond acceptors (Lipinski definition) is 15. The van der Waals surface area contributed by atoms with Gasteiger partial charge in [0.15, 0.2) is 5.78 Å². The lowest BCUT2D eigenvalue weighted by atomic mass is 9.78. The lowest BCUT2D eigenvalue weighted by Crippen LogP contribution is -2.61. The molecule has 3 heterocycles. The van der Waals surface area contributed by atoms with Crippen molar-refractivity contribution < 1.29 is 67.0 Å². The highest BCUT2D eigenvalue weighted by molar-refractivity contribution is 6.39. The van der Waals surface area contributed by atoms with E-state index in [-0.39, 0.29) is 73.4 Å². The van der Waals surface area contributed by atoms with Gasteiger partial charge in [0.25, 0.3) is 11.7 Å². The fraction of sp³-hybridized carbons (Fsp3) is 0.772. The number of amides is 1. The first kappa shape index (κ1) is 62.1. The second-order valence-corrected chi connectivity index (χ2v) is 21.4. The summed E-state index contributed by atoms with van der Waals surface area (Å²) in [5, 5.41) is 15.2. The smallest absolute Gasteiger partial charge is 0.329 e. The van der Waals surface area contributed by atoms with Crippen LogP contribution in [0.4, 0.5) is 0 Å². The third kappa shape index (κ3) is 17.8. The van der Waals surface area contributed by atoms with Crippen molar-refractivity contribution in [2.75, 3.05) is 68.4 Å². The van der Waals surface area contributed by atoms with Crippen molar-refractivity contribution in [3.8, 4) is 0 Å². The van der Waals surface area contributed by atoms with Crippen LogP contribution in [0.1, 0.15) is 126 Å². The first-order chi connectivity index (χ1) is 34.8. The number of fused-ring (bicyclic) bond motifs is 3. The normalized spacial score (nSPS) is 36.2. The van der Waals surface area contributed by atoms with Gasteiger partial charge in [0.2, 0.25) is 5.79 Å². The molecule has 1 unspecified atom stereocenters. The zero-order chi connectivity index (χ0) is 53.8. The van der Waals surface area contributed by atoms with E-state index in [1.54, 1.807) is 34.1 Å². The van der Waals surface area contributed by atoms with Crippen LogP contribution in [0.15, 0.2) is 47.6 Å². The van der Waals surface area contributed by atoms with E-state index in [0.717, 1.165) is 24.8 Å². The molecule has 0 spiro atoms. The van der Waals surface area contributed by atoms with Gasteiger partial charge in [0, 0.05) is 72.1 Å². The van der Waals surface area contributed by atoms with Gasteiger partial charge in [0.1, 0.15) is 30.1 Å². The Hall–Kier alpha value is -3.45. The van der Waals surface area contributed by atoms with Gasteiger partial charge in [-0.1, -0.05) is 71.1 Å². The second kappa shape index (κ2) is 30.9. The summed E-state index contributed by atoms with van der Waals surface area (Å²) in [6.45, 7) is 15.1. The molecule has 0 aromatic heterocycles. The molecule has 0 aromatic rings. The fourth-order valence-corrected chi connectivity index (χ4v) is 11.1. The van der Waals surface area contributed by atoms with Crippen LogP contribution in [0.2, 0.25) is 0 Å². The molecule has 15 atom stereocenters. The molecule has 3 aliphatic heterocycles. The first-order valence-corrected chi connectivity index (χ1v) is 27.0.